The van der Waals surface area contributed by atoms with E-state index < -0.39 is 0 Å². The van der Waals surface area contributed by atoms with E-state index in [9.17, 15) is 0 Å². The minimum absolute atomic E-state index is 0.419. The van der Waals surface area contributed by atoms with E-state index in [0.717, 1.165) is 11.8 Å². The minimum atomic E-state index is 0.419. The van der Waals surface area contributed by atoms with Gasteiger partial charge in [0.1, 0.15) is 0 Å². The number of rotatable bonds is 4. The van der Waals surface area contributed by atoms with E-state index in [0.29, 0.717) is 17.4 Å². The Morgan fingerprint density at radius 1 is 1.38 bits per heavy atom. The number of nitrogens with two attached hydrogens (primary N) is 1. The van der Waals surface area contributed by atoms with Gasteiger partial charge in [-0.05, 0) is 49.4 Å². The highest BCUT2D eigenvalue weighted by Crippen LogP contribution is 2.46. The third kappa shape index (κ3) is 2.88. The maximum atomic E-state index is 6.15. The van der Waals surface area contributed by atoms with Gasteiger partial charge in [0.15, 0.2) is 0 Å². The lowest BCUT2D eigenvalue weighted by Crippen LogP contribution is -2.30. The zero-order valence-electron chi connectivity index (χ0n) is 11.7. The van der Waals surface area contributed by atoms with Crippen molar-refractivity contribution in [1.82, 2.24) is 0 Å². The van der Waals surface area contributed by atoms with Crippen LogP contribution < -0.4 is 5.73 Å². The summed E-state index contributed by atoms with van der Waals surface area (Å²) < 4.78 is 0. The van der Waals surface area contributed by atoms with Crippen LogP contribution in [-0.2, 0) is 0 Å². The molecule has 16 heavy (non-hydrogen) atoms. The number of hydrogen-bond acceptors (Lipinski definition) is 1. The van der Waals surface area contributed by atoms with Crippen LogP contribution in [0.15, 0.2) is 12.2 Å². The number of allylic oxidation sites excluding steroid dienone is 2. The van der Waals surface area contributed by atoms with Crippen molar-refractivity contribution < 1.29 is 0 Å². The fourth-order valence-corrected chi connectivity index (χ4v) is 2.93. The van der Waals surface area contributed by atoms with Crippen LogP contribution in [0.2, 0.25) is 0 Å². The molecule has 0 heterocycles. The molecule has 4 atom stereocenters. The molecule has 1 rings (SSSR count). The van der Waals surface area contributed by atoms with Gasteiger partial charge < -0.3 is 5.73 Å². The van der Waals surface area contributed by atoms with Crippen molar-refractivity contribution in [2.24, 2.45) is 28.9 Å². The highest BCUT2D eigenvalue weighted by Gasteiger charge is 2.40. The van der Waals surface area contributed by atoms with Gasteiger partial charge in [-0.1, -0.05) is 39.8 Å². The van der Waals surface area contributed by atoms with Crippen molar-refractivity contribution in [3.05, 3.63) is 12.2 Å². The first-order chi connectivity index (χ1) is 7.39. The van der Waals surface area contributed by atoms with Gasteiger partial charge in [0.2, 0.25) is 0 Å². The molecule has 1 heteroatoms. The highest BCUT2D eigenvalue weighted by molar-refractivity contribution is 4.95. The van der Waals surface area contributed by atoms with E-state index in [1.807, 2.05) is 0 Å². The summed E-state index contributed by atoms with van der Waals surface area (Å²) in [5.41, 5.74) is 6.57. The summed E-state index contributed by atoms with van der Waals surface area (Å²) in [6.07, 6.45) is 8.19. The molecule has 0 radical (unpaired) electrons. The Balaban J connectivity index is 2.62. The topological polar surface area (TPSA) is 26.0 Å². The lowest BCUT2D eigenvalue weighted by Gasteiger charge is -2.37. The Morgan fingerprint density at radius 2 is 2.00 bits per heavy atom. The molecule has 0 amide bonds. The van der Waals surface area contributed by atoms with E-state index in [-0.39, 0.29) is 0 Å². The second-order valence-electron chi connectivity index (χ2n) is 6.34. The fourth-order valence-electron chi connectivity index (χ4n) is 2.93. The van der Waals surface area contributed by atoms with Crippen molar-refractivity contribution in [3.8, 4) is 0 Å². The van der Waals surface area contributed by atoms with Gasteiger partial charge in [-0.15, -0.1) is 0 Å². The maximum absolute atomic E-state index is 6.15. The predicted molar refractivity (Wildman–Crippen MR) is 72.2 cm³/mol. The van der Waals surface area contributed by atoms with Crippen LogP contribution in [0, 0.1) is 23.2 Å². The van der Waals surface area contributed by atoms with Crippen LogP contribution in [-0.4, -0.2) is 6.04 Å². The molecule has 0 saturated heterocycles. The second kappa shape index (κ2) is 5.35. The lowest BCUT2D eigenvalue weighted by atomic mass is 9.68. The highest BCUT2D eigenvalue weighted by atomic mass is 14.7. The molecule has 0 aromatic heterocycles. The molecule has 0 aromatic rings. The minimum Gasteiger partial charge on any atom is -0.327 e. The molecular weight excluding hydrogens is 194 g/mol. The summed E-state index contributed by atoms with van der Waals surface area (Å²) in [5, 5.41) is 0. The van der Waals surface area contributed by atoms with Gasteiger partial charge in [0.05, 0.1) is 0 Å². The van der Waals surface area contributed by atoms with Gasteiger partial charge in [-0.3, -0.25) is 0 Å². The Kier molecular flexibility index (Phi) is 4.61. The van der Waals surface area contributed by atoms with Crippen molar-refractivity contribution in [2.45, 2.75) is 59.9 Å². The lowest BCUT2D eigenvalue weighted by molar-refractivity contribution is 0.127. The molecule has 1 aliphatic rings. The normalized spacial score (nSPS) is 33.5. The van der Waals surface area contributed by atoms with Crippen LogP contribution >= 0.6 is 0 Å². The van der Waals surface area contributed by atoms with Crippen LogP contribution in [0.25, 0.3) is 0 Å². The summed E-state index contributed by atoms with van der Waals surface area (Å²) in [4.78, 5) is 0. The van der Waals surface area contributed by atoms with Gasteiger partial charge in [-0.25, -0.2) is 0 Å². The monoisotopic (exact) mass is 223 g/mol. The molecule has 94 valence electrons. The largest absolute Gasteiger partial charge is 0.327 e. The molecule has 1 nitrogen and oxygen atoms in total. The summed E-state index contributed by atoms with van der Waals surface area (Å²) in [6.45, 7) is 11.6. The van der Waals surface area contributed by atoms with Crippen LogP contribution in [0.4, 0.5) is 0 Å². The smallest absolute Gasteiger partial charge is 0.00674 e. The summed E-state index contributed by atoms with van der Waals surface area (Å²) >= 11 is 0. The van der Waals surface area contributed by atoms with Gasteiger partial charge in [0.25, 0.3) is 0 Å². The first-order valence-electron chi connectivity index (χ1n) is 6.76. The van der Waals surface area contributed by atoms with Gasteiger partial charge >= 0.3 is 0 Å². The Hall–Kier alpha value is -0.300. The third-order valence-electron chi connectivity index (χ3n) is 4.99. The van der Waals surface area contributed by atoms with E-state index >= 15 is 0 Å². The van der Waals surface area contributed by atoms with Crippen molar-refractivity contribution in [2.75, 3.05) is 0 Å². The van der Waals surface area contributed by atoms with E-state index in [2.05, 4.69) is 46.8 Å². The molecule has 1 saturated carbocycles. The Bertz CT molecular complexity index is 232. The Labute approximate surface area is 101 Å². The predicted octanol–water partition coefficient (Wildman–Crippen LogP) is 3.99. The first-order valence-corrected chi connectivity index (χ1v) is 6.76. The summed E-state index contributed by atoms with van der Waals surface area (Å²) in [6, 6.07) is 0.429. The van der Waals surface area contributed by atoms with E-state index in [1.165, 1.54) is 19.3 Å². The van der Waals surface area contributed by atoms with Gasteiger partial charge in [-0.2, -0.15) is 0 Å². The average Bonchev–Trinajstić information content (AvgIpc) is 2.56. The molecule has 0 aromatic carbocycles. The molecule has 1 fully saturated rings. The SMILES string of the molecule is C/C=C\CC(C)C(C)(C)C1CC(C)C(N)C1. The fraction of sp³-hybridized carbons (Fsp3) is 0.867. The molecule has 0 bridgehead atoms. The second-order valence-corrected chi connectivity index (χ2v) is 6.34. The molecular formula is C15H29N. The standard InChI is InChI=1S/C15H29N/c1-6-7-8-12(3)15(4,5)13-9-11(2)14(16)10-13/h6-7,11-14H,8-10,16H2,1-5H3/b7-6-. The molecule has 4 unspecified atom stereocenters. The Morgan fingerprint density at radius 3 is 2.44 bits per heavy atom. The van der Waals surface area contributed by atoms with Gasteiger partial charge in [0, 0.05) is 6.04 Å². The quantitative estimate of drug-likeness (QED) is 0.717. The molecule has 2 N–H and O–H groups in total. The van der Waals surface area contributed by atoms with Crippen LogP contribution in [0.1, 0.15) is 53.9 Å². The van der Waals surface area contributed by atoms with Crippen LogP contribution in [0.5, 0.6) is 0 Å². The van der Waals surface area contributed by atoms with Crippen molar-refractivity contribution in [1.29, 1.82) is 0 Å². The number of hydrogen-bond donors (Lipinski definition) is 1. The van der Waals surface area contributed by atoms with E-state index in [1.54, 1.807) is 0 Å². The maximum Gasteiger partial charge on any atom is 0.00674 e. The van der Waals surface area contributed by atoms with Crippen molar-refractivity contribution >= 4 is 0 Å². The average molecular weight is 223 g/mol. The third-order valence-corrected chi connectivity index (χ3v) is 4.99. The molecule has 1 aliphatic carbocycles. The van der Waals surface area contributed by atoms with Crippen LogP contribution in [0.3, 0.4) is 0 Å². The van der Waals surface area contributed by atoms with E-state index in [4.69, 9.17) is 5.73 Å². The first kappa shape index (κ1) is 13.8. The summed E-state index contributed by atoms with van der Waals surface area (Å²) in [7, 11) is 0. The zero-order chi connectivity index (χ0) is 12.3. The van der Waals surface area contributed by atoms with Crippen molar-refractivity contribution in [3.63, 3.8) is 0 Å². The molecule has 0 spiro atoms. The summed E-state index contributed by atoms with van der Waals surface area (Å²) in [5.74, 6) is 2.25. The molecule has 0 aliphatic heterocycles. The zero-order valence-corrected chi connectivity index (χ0v) is 11.7.